The highest BCUT2D eigenvalue weighted by atomic mass is 16.4. The maximum atomic E-state index is 12.1. The predicted octanol–water partition coefficient (Wildman–Crippen LogP) is 2.07. The Morgan fingerprint density at radius 1 is 1.37 bits per heavy atom. The van der Waals surface area contributed by atoms with Crippen molar-refractivity contribution in [2.24, 2.45) is 11.8 Å². The first kappa shape index (κ1) is 14.2. The lowest BCUT2D eigenvalue weighted by molar-refractivity contribution is -0.146. The van der Waals surface area contributed by atoms with Gasteiger partial charge in [0.15, 0.2) is 0 Å². The zero-order chi connectivity index (χ0) is 14.0. The Kier molecular flexibility index (Phi) is 4.02. The number of amides is 2. The third-order valence-electron chi connectivity index (χ3n) is 4.33. The molecule has 2 unspecified atom stereocenters. The molecule has 5 nitrogen and oxygen atoms in total. The first-order valence-corrected chi connectivity index (χ1v) is 7.19. The van der Waals surface area contributed by atoms with Gasteiger partial charge in [0.25, 0.3) is 0 Å². The lowest BCUT2D eigenvalue weighted by atomic mass is 9.76. The molecule has 2 rings (SSSR count). The van der Waals surface area contributed by atoms with Crippen LogP contribution in [-0.4, -0.2) is 41.1 Å². The molecule has 19 heavy (non-hydrogen) atoms. The van der Waals surface area contributed by atoms with Crippen LogP contribution < -0.4 is 5.32 Å². The van der Waals surface area contributed by atoms with Crippen LogP contribution in [0.5, 0.6) is 0 Å². The molecule has 0 spiro atoms. The molecule has 0 radical (unpaired) electrons. The first-order chi connectivity index (χ1) is 8.93. The van der Waals surface area contributed by atoms with E-state index in [9.17, 15) is 14.7 Å². The number of nitrogens with one attached hydrogen (secondary N) is 1. The fourth-order valence-electron chi connectivity index (χ4n) is 2.98. The maximum Gasteiger partial charge on any atom is 0.329 e. The molecule has 2 N–H and O–H groups in total. The number of urea groups is 1. The number of carboxylic acid groups (broad SMARTS) is 1. The molecule has 0 aromatic heterocycles. The van der Waals surface area contributed by atoms with Gasteiger partial charge in [-0.05, 0) is 37.5 Å². The number of hydrogen-bond acceptors (Lipinski definition) is 2. The van der Waals surface area contributed by atoms with Crippen molar-refractivity contribution in [3.63, 3.8) is 0 Å². The fourth-order valence-corrected chi connectivity index (χ4v) is 2.98. The van der Waals surface area contributed by atoms with E-state index in [0.29, 0.717) is 24.7 Å². The van der Waals surface area contributed by atoms with E-state index in [0.717, 1.165) is 19.4 Å². The zero-order valence-corrected chi connectivity index (χ0v) is 11.8. The van der Waals surface area contributed by atoms with Gasteiger partial charge in [0, 0.05) is 13.6 Å². The minimum Gasteiger partial charge on any atom is -0.480 e. The molecule has 2 fully saturated rings. The molecule has 0 heterocycles. The summed E-state index contributed by atoms with van der Waals surface area (Å²) < 4.78 is 0. The number of carboxylic acids is 1. The molecule has 0 saturated heterocycles. The number of rotatable bonds is 4. The Morgan fingerprint density at radius 2 is 2.05 bits per heavy atom. The normalized spacial score (nSPS) is 30.7. The van der Waals surface area contributed by atoms with E-state index < -0.39 is 11.5 Å². The largest absolute Gasteiger partial charge is 0.480 e. The Bertz CT molecular complexity index is 368. The van der Waals surface area contributed by atoms with Gasteiger partial charge in [0.05, 0.1) is 0 Å². The van der Waals surface area contributed by atoms with Crippen LogP contribution >= 0.6 is 0 Å². The molecule has 0 aromatic carbocycles. The summed E-state index contributed by atoms with van der Waals surface area (Å²) in [7, 11) is 1.75. The van der Waals surface area contributed by atoms with E-state index >= 15 is 0 Å². The molecule has 0 bridgehead atoms. The highest BCUT2D eigenvalue weighted by molar-refractivity contribution is 5.86. The summed E-state index contributed by atoms with van der Waals surface area (Å²) in [5.74, 6) is 0.0629. The van der Waals surface area contributed by atoms with Crippen LogP contribution in [0.3, 0.4) is 0 Å². The van der Waals surface area contributed by atoms with E-state index in [1.54, 1.807) is 11.9 Å². The SMILES string of the molecule is CC1CCCC(NC(=O)N(C)CC2CC2)(C(=O)O)C1. The van der Waals surface area contributed by atoms with Gasteiger partial charge in [-0.3, -0.25) is 0 Å². The van der Waals surface area contributed by atoms with E-state index in [4.69, 9.17) is 0 Å². The van der Waals surface area contributed by atoms with Crippen molar-refractivity contribution in [3.8, 4) is 0 Å². The standard InChI is InChI=1S/C14H24N2O3/c1-10-4-3-7-14(8-10,12(17)18)15-13(19)16(2)9-11-5-6-11/h10-11H,3-9H2,1-2H3,(H,15,19)(H,17,18). The van der Waals surface area contributed by atoms with Crippen molar-refractivity contribution in [2.45, 2.75) is 51.0 Å². The molecule has 2 atom stereocenters. The molecule has 2 aliphatic carbocycles. The van der Waals surface area contributed by atoms with E-state index in [1.165, 1.54) is 12.8 Å². The number of carbonyl (C=O) groups excluding carboxylic acids is 1. The van der Waals surface area contributed by atoms with Gasteiger partial charge in [-0.25, -0.2) is 9.59 Å². The van der Waals surface area contributed by atoms with Gasteiger partial charge in [-0.1, -0.05) is 19.8 Å². The number of carbonyl (C=O) groups is 2. The second-order valence-corrected chi connectivity index (χ2v) is 6.34. The maximum absolute atomic E-state index is 12.1. The van der Waals surface area contributed by atoms with E-state index in [-0.39, 0.29) is 6.03 Å². The summed E-state index contributed by atoms with van der Waals surface area (Å²) in [6.07, 6.45) is 5.33. The molecule has 0 aliphatic heterocycles. The van der Waals surface area contributed by atoms with Crippen molar-refractivity contribution >= 4 is 12.0 Å². The predicted molar refractivity (Wildman–Crippen MR) is 71.9 cm³/mol. The second kappa shape index (κ2) is 5.39. The smallest absolute Gasteiger partial charge is 0.329 e. The minimum atomic E-state index is -1.06. The molecule has 2 saturated carbocycles. The number of nitrogens with zero attached hydrogens (tertiary/aromatic N) is 1. The average molecular weight is 268 g/mol. The van der Waals surface area contributed by atoms with Crippen LogP contribution in [-0.2, 0) is 4.79 Å². The Balaban J connectivity index is 1.98. The Morgan fingerprint density at radius 3 is 2.58 bits per heavy atom. The van der Waals surface area contributed by atoms with Crippen LogP contribution in [0, 0.1) is 11.8 Å². The van der Waals surface area contributed by atoms with Crippen molar-refractivity contribution < 1.29 is 14.7 Å². The zero-order valence-electron chi connectivity index (χ0n) is 11.8. The van der Waals surface area contributed by atoms with Gasteiger partial charge in [0.2, 0.25) is 0 Å². The van der Waals surface area contributed by atoms with Crippen LogP contribution in [0.1, 0.15) is 45.4 Å². The quantitative estimate of drug-likeness (QED) is 0.820. The van der Waals surface area contributed by atoms with E-state index in [1.807, 2.05) is 0 Å². The number of hydrogen-bond donors (Lipinski definition) is 2. The van der Waals surface area contributed by atoms with Crippen LogP contribution in [0.15, 0.2) is 0 Å². The highest BCUT2D eigenvalue weighted by Crippen LogP contribution is 2.33. The topological polar surface area (TPSA) is 69.6 Å². The van der Waals surface area contributed by atoms with Gasteiger partial charge in [-0.2, -0.15) is 0 Å². The van der Waals surface area contributed by atoms with Crippen LogP contribution in [0.25, 0.3) is 0 Å². The second-order valence-electron chi connectivity index (χ2n) is 6.34. The van der Waals surface area contributed by atoms with E-state index in [2.05, 4.69) is 12.2 Å². The molecule has 0 aromatic rings. The molecule has 108 valence electrons. The van der Waals surface area contributed by atoms with Crippen molar-refractivity contribution in [1.82, 2.24) is 10.2 Å². The molecular formula is C14H24N2O3. The monoisotopic (exact) mass is 268 g/mol. The van der Waals surface area contributed by atoms with Crippen molar-refractivity contribution in [1.29, 1.82) is 0 Å². The summed E-state index contributed by atoms with van der Waals surface area (Å²) in [5, 5.41) is 12.3. The molecular weight excluding hydrogens is 244 g/mol. The van der Waals surface area contributed by atoms with Gasteiger partial charge in [-0.15, -0.1) is 0 Å². The van der Waals surface area contributed by atoms with Crippen molar-refractivity contribution in [2.75, 3.05) is 13.6 Å². The third-order valence-corrected chi connectivity index (χ3v) is 4.33. The summed E-state index contributed by atoms with van der Waals surface area (Å²) in [4.78, 5) is 25.4. The van der Waals surface area contributed by atoms with Gasteiger partial charge >= 0.3 is 12.0 Å². The van der Waals surface area contributed by atoms with Gasteiger partial charge in [0.1, 0.15) is 5.54 Å². The van der Waals surface area contributed by atoms with Gasteiger partial charge < -0.3 is 15.3 Å². The summed E-state index contributed by atoms with van der Waals surface area (Å²) in [6, 6.07) is -0.247. The first-order valence-electron chi connectivity index (χ1n) is 7.19. The number of aliphatic carboxylic acids is 1. The average Bonchev–Trinajstić information content (AvgIpc) is 3.12. The fraction of sp³-hybridized carbons (Fsp3) is 0.857. The minimum absolute atomic E-state index is 0.247. The summed E-state index contributed by atoms with van der Waals surface area (Å²) in [6.45, 7) is 2.79. The molecule has 2 aliphatic rings. The Labute approximate surface area is 114 Å². The summed E-state index contributed by atoms with van der Waals surface area (Å²) in [5.41, 5.74) is -1.06. The van der Waals surface area contributed by atoms with Crippen LogP contribution in [0.2, 0.25) is 0 Å². The third kappa shape index (κ3) is 3.39. The van der Waals surface area contributed by atoms with Crippen LogP contribution in [0.4, 0.5) is 4.79 Å². The Hall–Kier alpha value is -1.26. The lowest BCUT2D eigenvalue weighted by Crippen LogP contribution is -2.59. The molecule has 5 heteroatoms. The highest BCUT2D eigenvalue weighted by Gasteiger charge is 2.43. The molecule has 2 amide bonds. The lowest BCUT2D eigenvalue weighted by Gasteiger charge is -2.38. The summed E-state index contributed by atoms with van der Waals surface area (Å²) >= 11 is 0. The van der Waals surface area contributed by atoms with Crippen molar-refractivity contribution in [3.05, 3.63) is 0 Å².